The lowest BCUT2D eigenvalue weighted by Gasteiger charge is -2.13. The number of benzene rings is 2. The molecule has 2 nitrogen and oxygen atoms in total. The molecule has 1 amide bonds. The Morgan fingerprint density at radius 3 is 2.46 bits per heavy atom. The number of carbonyl (C=O) groups is 1. The van der Waals surface area contributed by atoms with E-state index in [0.29, 0.717) is 18.2 Å². The summed E-state index contributed by atoms with van der Waals surface area (Å²) in [5.41, 5.74) is -1.61. The molecule has 0 aliphatic rings. The third kappa shape index (κ3) is 5.56. The van der Waals surface area contributed by atoms with Crippen LogP contribution in [0.4, 0.5) is 23.2 Å². The lowest BCUT2D eigenvalue weighted by molar-refractivity contribution is -0.137. The fourth-order valence-corrected chi connectivity index (χ4v) is 2.89. The molecule has 2 rings (SSSR count). The van der Waals surface area contributed by atoms with Crippen molar-refractivity contribution in [1.29, 1.82) is 0 Å². The normalized spacial score (nSPS) is 11.3. The molecule has 7 heteroatoms. The molecule has 2 aromatic carbocycles. The van der Waals surface area contributed by atoms with Crippen LogP contribution in [0.2, 0.25) is 0 Å². The van der Waals surface area contributed by atoms with Crippen LogP contribution < -0.4 is 5.32 Å². The molecule has 0 bridgehead atoms. The molecule has 0 unspecified atom stereocenters. The Bertz CT molecular complexity index is 689. The monoisotopic (exact) mass is 357 g/mol. The minimum atomic E-state index is -4.73. The molecule has 0 fully saturated rings. The first kappa shape index (κ1) is 18.3. The molecule has 0 aliphatic carbocycles. The van der Waals surface area contributed by atoms with E-state index in [2.05, 4.69) is 5.32 Å². The number of amides is 1. The van der Waals surface area contributed by atoms with Crippen LogP contribution in [0.5, 0.6) is 0 Å². The van der Waals surface area contributed by atoms with Gasteiger partial charge < -0.3 is 5.32 Å². The van der Waals surface area contributed by atoms with Crippen molar-refractivity contribution in [2.24, 2.45) is 0 Å². The number of alkyl halides is 3. The van der Waals surface area contributed by atoms with Gasteiger partial charge in [0.25, 0.3) is 0 Å². The maximum absolute atomic E-state index is 13.0. The average molecular weight is 357 g/mol. The van der Waals surface area contributed by atoms with Crippen molar-refractivity contribution < 1.29 is 22.4 Å². The molecule has 0 aromatic heterocycles. The summed E-state index contributed by atoms with van der Waals surface area (Å²) in [7, 11) is 0. The number of halogens is 4. The van der Waals surface area contributed by atoms with Gasteiger partial charge in [-0.05, 0) is 42.5 Å². The van der Waals surface area contributed by atoms with Crippen LogP contribution in [-0.2, 0) is 11.0 Å². The first-order valence-corrected chi connectivity index (χ1v) is 8.19. The van der Waals surface area contributed by atoms with E-state index in [1.54, 1.807) is 11.8 Å². The predicted molar refractivity (Wildman–Crippen MR) is 86.4 cm³/mol. The summed E-state index contributed by atoms with van der Waals surface area (Å²) in [6.07, 6.45) is -4.11. The van der Waals surface area contributed by atoms with Gasteiger partial charge in [-0.25, -0.2) is 4.39 Å². The van der Waals surface area contributed by atoms with Gasteiger partial charge in [-0.15, -0.1) is 11.8 Å². The number of anilines is 1. The Kier molecular flexibility index (Phi) is 6.25. The second kappa shape index (κ2) is 8.19. The Morgan fingerprint density at radius 2 is 1.79 bits per heavy atom. The van der Waals surface area contributed by atoms with Crippen LogP contribution in [0.3, 0.4) is 0 Å². The first-order chi connectivity index (χ1) is 11.4. The van der Waals surface area contributed by atoms with E-state index in [4.69, 9.17) is 0 Å². The van der Waals surface area contributed by atoms with Gasteiger partial charge in [0.15, 0.2) is 0 Å². The maximum atomic E-state index is 13.0. The third-order valence-corrected chi connectivity index (χ3v) is 4.22. The third-order valence-electron chi connectivity index (χ3n) is 3.12. The van der Waals surface area contributed by atoms with Crippen molar-refractivity contribution in [3.05, 3.63) is 59.9 Å². The van der Waals surface area contributed by atoms with Gasteiger partial charge in [0.2, 0.25) is 5.91 Å². The summed E-state index contributed by atoms with van der Waals surface area (Å²) in [5, 5.41) is 2.21. The molecule has 0 aliphatic heterocycles. The zero-order valence-electron chi connectivity index (χ0n) is 12.6. The summed E-state index contributed by atoms with van der Waals surface area (Å²) in [5.74, 6) is -0.854. The van der Waals surface area contributed by atoms with Crippen LogP contribution in [0.25, 0.3) is 0 Å². The zero-order valence-corrected chi connectivity index (χ0v) is 13.4. The van der Waals surface area contributed by atoms with E-state index in [-0.39, 0.29) is 6.42 Å². The molecule has 0 spiro atoms. The molecule has 0 saturated heterocycles. The summed E-state index contributed by atoms with van der Waals surface area (Å²) in [4.78, 5) is 12.9. The molecule has 0 radical (unpaired) electrons. The maximum Gasteiger partial charge on any atom is 0.418 e. The quantitative estimate of drug-likeness (QED) is 0.429. The van der Waals surface area contributed by atoms with Gasteiger partial charge >= 0.3 is 6.18 Å². The standard InChI is InChI=1S/C17H15F4NOS/c18-12-8-9-15(14(11-12)17(19,20)21)22-16(23)7-4-10-24-13-5-2-1-3-6-13/h1-3,5-6,8-9,11H,4,7,10H2,(H,22,23). The van der Waals surface area contributed by atoms with Crippen molar-refractivity contribution in [3.8, 4) is 0 Å². The van der Waals surface area contributed by atoms with E-state index < -0.39 is 29.2 Å². The van der Waals surface area contributed by atoms with Crippen molar-refractivity contribution in [2.45, 2.75) is 23.9 Å². The smallest absolute Gasteiger partial charge is 0.326 e. The molecular weight excluding hydrogens is 342 g/mol. The number of rotatable bonds is 6. The summed E-state index contributed by atoms with van der Waals surface area (Å²) >= 11 is 1.57. The minimum absolute atomic E-state index is 0.0918. The van der Waals surface area contributed by atoms with Crippen molar-refractivity contribution in [1.82, 2.24) is 0 Å². The SMILES string of the molecule is O=C(CCCSc1ccccc1)Nc1ccc(F)cc1C(F)(F)F. The van der Waals surface area contributed by atoms with E-state index >= 15 is 0 Å². The van der Waals surface area contributed by atoms with E-state index in [0.717, 1.165) is 17.0 Å². The van der Waals surface area contributed by atoms with E-state index in [1.807, 2.05) is 30.3 Å². The highest BCUT2D eigenvalue weighted by molar-refractivity contribution is 7.99. The minimum Gasteiger partial charge on any atom is -0.326 e. The Hall–Kier alpha value is -2.02. The molecule has 0 atom stereocenters. The highest BCUT2D eigenvalue weighted by Gasteiger charge is 2.34. The fourth-order valence-electron chi connectivity index (χ4n) is 2.01. The second-order valence-electron chi connectivity index (χ2n) is 5.00. The summed E-state index contributed by atoms with van der Waals surface area (Å²) in [6.45, 7) is 0. The van der Waals surface area contributed by atoms with E-state index in [9.17, 15) is 22.4 Å². The molecular formula is C17H15F4NOS. The zero-order chi connectivity index (χ0) is 17.6. The first-order valence-electron chi connectivity index (χ1n) is 7.21. The van der Waals surface area contributed by atoms with Gasteiger partial charge in [0, 0.05) is 11.3 Å². The largest absolute Gasteiger partial charge is 0.418 e. The van der Waals surface area contributed by atoms with Gasteiger partial charge in [0.1, 0.15) is 5.82 Å². The molecule has 0 saturated carbocycles. The fraction of sp³-hybridized carbons (Fsp3) is 0.235. The number of hydrogen-bond donors (Lipinski definition) is 1. The van der Waals surface area contributed by atoms with Crippen LogP contribution in [0.1, 0.15) is 18.4 Å². The second-order valence-corrected chi connectivity index (χ2v) is 6.17. The Morgan fingerprint density at radius 1 is 1.08 bits per heavy atom. The van der Waals surface area contributed by atoms with Gasteiger partial charge in [-0.1, -0.05) is 18.2 Å². The topological polar surface area (TPSA) is 29.1 Å². The van der Waals surface area contributed by atoms with E-state index in [1.165, 1.54) is 0 Å². The lowest BCUT2D eigenvalue weighted by Crippen LogP contribution is -2.16. The van der Waals surface area contributed by atoms with Gasteiger partial charge in [-0.2, -0.15) is 13.2 Å². The van der Waals surface area contributed by atoms with Crippen LogP contribution in [0.15, 0.2) is 53.4 Å². The number of carbonyl (C=O) groups excluding carboxylic acids is 1. The summed E-state index contributed by atoms with van der Waals surface area (Å²) < 4.78 is 51.6. The molecule has 0 heterocycles. The number of nitrogens with one attached hydrogen (secondary N) is 1. The van der Waals surface area contributed by atoms with Crippen LogP contribution >= 0.6 is 11.8 Å². The highest BCUT2D eigenvalue weighted by atomic mass is 32.2. The Labute approximate surface area is 141 Å². The van der Waals surface area contributed by atoms with Crippen LogP contribution in [0, 0.1) is 5.82 Å². The molecule has 128 valence electrons. The number of hydrogen-bond acceptors (Lipinski definition) is 2. The molecule has 1 N–H and O–H groups in total. The van der Waals surface area contributed by atoms with Crippen molar-refractivity contribution >= 4 is 23.4 Å². The van der Waals surface area contributed by atoms with Crippen molar-refractivity contribution in [2.75, 3.05) is 11.1 Å². The molecule has 24 heavy (non-hydrogen) atoms. The lowest BCUT2D eigenvalue weighted by atomic mass is 10.1. The average Bonchev–Trinajstić information content (AvgIpc) is 2.53. The van der Waals surface area contributed by atoms with Gasteiger partial charge in [0.05, 0.1) is 11.3 Å². The highest BCUT2D eigenvalue weighted by Crippen LogP contribution is 2.35. The molecule has 2 aromatic rings. The van der Waals surface area contributed by atoms with Gasteiger partial charge in [-0.3, -0.25) is 4.79 Å². The number of thioether (sulfide) groups is 1. The van der Waals surface area contributed by atoms with Crippen LogP contribution in [-0.4, -0.2) is 11.7 Å². The Balaban J connectivity index is 1.86. The summed E-state index contributed by atoms with van der Waals surface area (Å²) in [6, 6.07) is 11.8. The predicted octanol–water partition coefficient (Wildman–Crippen LogP) is 5.36. The van der Waals surface area contributed by atoms with Crippen molar-refractivity contribution in [3.63, 3.8) is 0 Å².